The Kier molecular flexibility index (Phi) is 5.15. The van der Waals surface area contributed by atoms with Crippen LogP contribution in [-0.4, -0.2) is 24.0 Å². The number of hydrogen-bond donors (Lipinski definition) is 1. The fourth-order valence-electron chi connectivity index (χ4n) is 3.82. The largest absolute Gasteiger partial charge is 0.472 e. The van der Waals surface area contributed by atoms with Crippen LogP contribution >= 0.6 is 0 Å². The van der Waals surface area contributed by atoms with Gasteiger partial charge in [0.15, 0.2) is 0 Å². The van der Waals surface area contributed by atoms with Crippen LogP contribution in [0, 0.1) is 11.3 Å². The van der Waals surface area contributed by atoms with Crippen LogP contribution in [-0.2, 0) is 6.54 Å². The van der Waals surface area contributed by atoms with E-state index in [1.807, 2.05) is 6.26 Å². The normalized spacial score (nSPS) is 27.8. The van der Waals surface area contributed by atoms with Crippen LogP contribution in [0.2, 0.25) is 0 Å². The zero-order chi connectivity index (χ0) is 15.5. The van der Waals surface area contributed by atoms with Gasteiger partial charge in [0, 0.05) is 24.2 Å². The highest BCUT2D eigenvalue weighted by molar-refractivity contribution is 5.07. The number of furan rings is 1. The van der Waals surface area contributed by atoms with Gasteiger partial charge >= 0.3 is 0 Å². The molecule has 2 atom stereocenters. The van der Waals surface area contributed by atoms with Gasteiger partial charge in [0.25, 0.3) is 0 Å². The average Bonchev–Trinajstić information content (AvgIpc) is 2.81. The molecule has 0 bridgehead atoms. The van der Waals surface area contributed by atoms with Crippen LogP contribution in [0.4, 0.5) is 0 Å². The summed E-state index contributed by atoms with van der Waals surface area (Å²) in [6, 6.07) is 2.05. The molecule has 1 aromatic heterocycles. The van der Waals surface area contributed by atoms with E-state index in [0.29, 0.717) is 5.41 Å². The lowest BCUT2D eigenvalue weighted by atomic mass is 9.76. The lowest BCUT2D eigenvalue weighted by molar-refractivity contribution is 0.0949. The Balaban J connectivity index is 2.06. The van der Waals surface area contributed by atoms with Crippen LogP contribution in [0.1, 0.15) is 58.4 Å². The number of likely N-dealkylation sites (N-methyl/N-ethyl adjacent to an activating group) is 1. The van der Waals surface area contributed by atoms with E-state index in [4.69, 9.17) is 10.2 Å². The van der Waals surface area contributed by atoms with E-state index in [2.05, 4.69) is 38.8 Å². The van der Waals surface area contributed by atoms with E-state index in [1.54, 1.807) is 6.26 Å². The Hall–Kier alpha value is -0.800. The fraction of sp³-hybridized carbons (Fsp3) is 0.778. The van der Waals surface area contributed by atoms with Gasteiger partial charge in [0.05, 0.1) is 12.5 Å². The standard InChI is InChI=1S/C18H32N2O/c1-17(2,3)16-6-5-9-18(14-19,10-7-16)20(4)12-15-8-11-21-13-15/h8,11,13,16H,5-7,9-10,12,14,19H2,1-4H3. The Morgan fingerprint density at radius 2 is 2.10 bits per heavy atom. The van der Waals surface area contributed by atoms with Crippen molar-refractivity contribution in [3.8, 4) is 0 Å². The molecule has 0 spiro atoms. The Morgan fingerprint density at radius 3 is 2.67 bits per heavy atom. The van der Waals surface area contributed by atoms with E-state index >= 15 is 0 Å². The van der Waals surface area contributed by atoms with Crippen LogP contribution < -0.4 is 5.73 Å². The smallest absolute Gasteiger partial charge is 0.0947 e. The first-order valence-corrected chi connectivity index (χ1v) is 8.30. The molecule has 1 aliphatic rings. The number of nitrogens with zero attached hydrogens (tertiary/aromatic N) is 1. The molecular formula is C18H32N2O. The molecule has 1 aromatic rings. The fourth-order valence-corrected chi connectivity index (χ4v) is 3.82. The van der Waals surface area contributed by atoms with Gasteiger partial charge in [-0.2, -0.15) is 0 Å². The van der Waals surface area contributed by atoms with Crippen LogP contribution in [0.3, 0.4) is 0 Å². The minimum absolute atomic E-state index is 0.150. The topological polar surface area (TPSA) is 42.4 Å². The van der Waals surface area contributed by atoms with Gasteiger partial charge in [-0.25, -0.2) is 0 Å². The first-order valence-electron chi connectivity index (χ1n) is 8.30. The predicted octanol–water partition coefficient (Wildman–Crippen LogP) is 4.04. The van der Waals surface area contributed by atoms with E-state index in [0.717, 1.165) is 19.0 Å². The zero-order valence-electron chi connectivity index (χ0n) is 14.2. The lowest BCUT2D eigenvalue weighted by Gasteiger charge is -2.41. The molecular weight excluding hydrogens is 260 g/mol. The van der Waals surface area contributed by atoms with Crippen molar-refractivity contribution < 1.29 is 4.42 Å². The van der Waals surface area contributed by atoms with Gasteiger partial charge in [0.1, 0.15) is 0 Å². The molecule has 21 heavy (non-hydrogen) atoms. The third-order valence-electron chi connectivity index (χ3n) is 5.57. The van der Waals surface area contributed by atoms with Crippen molar-refractivity contribution in [2.45, 2.75) is 65.0 Å². The van der Waals surface area contributed by atoms with Gasteiger partial charge in [-0.1, -0.05) is 27.2 Å². The molecule has 2 rings (SSSR count). The molecule has 0 aromatic carbocycles. The molecule has 120 valence electrons. The average molecular weight is 292 g/mol. The zero-order valence-corrected chi connectivity index (χ0v) is 14.2. The van der Waals surface area contributed by atoms with Gasteiger partial charge in [-0.15, -0.1) is 0 Å². The predicted molar refractivity (Wildman–Crippen MR) is 88.0 cm³/mol. The molecule has 3 nitrogen and oxygen atoms in total. The highest BCUT2D eigenvalue weighted by Gasteiger charge is 2.38. The maximum atomic E-state index is 6.23. The van der Waals surface area contributed by atoms with Crippen molar-refractivity contribution in [2.75, 3.05) is 13.6 Å². The van der Waals surface area contributed by atoms with Crippen LogP contribution in [0.5, 0.6) is 0 Å². The molecule has 0 aliphatic heterocycles. The molecule has 2 N–H and O–H groups in total. The van der Waals surface area contributed by atoms with Crippen molar-refractivity contribution in [3.05, 3.63) is 24.2 Å². The van der Waals surface area contributed by atoms with Crippen LogP contribution in [0.15, 0.2) is 23.0 Å². The van der Waals surface area contributed by atoms with Crippen molar-refractivity contribution >= 4 is 0 Å². The van der Waals surface area contributed by atoms with Crippen molar-refractivity contribution in [1.82, 2.24) is 4.90 Å². The number of rotatable bonds is 4. The summed E-state index contributed by atoms with van der Waals surface area (Å²) in [6.45, 7) is 8.80. The second-order valence-electron chi connectivity index (χ2n) is 7.91. The second kappa shape index (κ2) is 6.53. The first kappa shape index (κ1) is 16.6. The van der Waals surface area contributed by atoms with Crippen LogP contribution in [0.25, 0.3) is 0 Å². The Bertz CT molecular complexity index is 421. The SMILES string of the molecule is CN(Cc1ccoc1)C1(CN)CCCC(C(C)(C)C)CC1. The summed E-state index contributed by atoms with van der Waals surface area (Å²) < 4.78 is 5.20. The quantitative estimate of drug-likeness (QED) is 0.852. The molecule has 0 amide bonds. The van der Waals surface area contributed by atoms with Gasteiger partial charge in [-0.3, -0.25) is 4.90 Å². The molecule has 2 unspecified atom stereocenters. The summed E-state index contributed by atoms with van der Waals surface area (Å²) in [5.74, 6) is 0.813. The van der Waals surface area contributed by atoms with Crippen molar-refractivity contribution in [3.63, 3.8) is 0 Å². The molecule has 0 radical (unpaired) electrons. The Morgan fingerprint density at radius 1 is 1.33 bits per heavy atom. The van der Waals surface area contributed by atoms with Crippen molar-refractivity contribution in [1.29, 1.82) is 0 Å². The highest BCUT2D eigenvalue weighted by atomic mass is 16.3. The lowest BCUT2D eigenvalue weighted by Crippen LogP contribution is -2.51. The maximum absolute atomic E-state index is 6.23. The van der Waals surface area contributed by atoms with Gasteiger partial charge < -0.3 is 10.2 Å². The summed E-state index contributed by atoms with van der Waals surface area (Å²) >= 11 is 0. The summed E-state index contributed by atoms with van der Waals surface area (Å²) in [4.78, 5) is 2.46. The maximum Gasteiger partial charge on any atom is 0.0947 e. The summed E-state index contributed by atoms with van der Waals surface area (Å²) in [6.07, 6.45) is 9.93. The van der Waals surface area contributed by atoms with E-state index in [9.17, 15) is 0 Å². The van der Waals surface area contributed by atoms with Gasteiger partial charge in [0.2, 0.25) is 0 Å². The van der Waals surface area contributed by atoms with Crippen molar-refractivity contribution in [2.24, 2.45) is 17.1 Å². The first-order chi connectivity index (χ1) is 9.87. The molecule has 1 fully saturated rings. The minimum atomic E-state index is 0.150. The highest BCUT2D eigenvalue weighted by Crippen LogP contribution is 2.41. The molecule has 3 heteroatoms. The summed E-state index contributed by atoms with van der Waals surface area (Å²) in [5.41, 5.74) is 8.03. The minimum Gasteiger partial charge on any atom is -0.472 e. The monoisotopic (exact) mass is 292 g/mol. The second-order valence-corrected chi connectivity index (χ2v) is 7.91. The summed E-state index contributed by atoms with van der Waals surface area (Å²) in [7, 11) is 2.22. The third-order valence-corrected chi connectivity index (χ3v) is 5.57. The van der Waals surface area contributed by atoms with E-state index < -0.39 is 0 Å². The van der Waals surface area contributed by atoms with Gasteiger partial charge in [-0.05, 0) is 50.1 Å². The molecule has 0 saturated heterocycles. The number of nitrogens with two attached hydrogens (primary N) is 1. The van der Waals surface area contributed by atoms with E-state index in [-0.39, 0.29) is 5.54 Å². The third kappa shape index (κ3) is 3.89. The number of hydrogen-bond acceptors (Lipinski definition) is 3. The summed E-state index contributed by atoms with van der Waals surface area (Å²) in [5, 5.41) is 0. The molecule has 1 saturated carbocycles. The van der Waals surface area contributed by atoms with E-state index in [1.165, 1.54) is 37.7 Å². The Labute approximate surface area is 129 Å². The molecule has 1 heterocycles. The molecule has 1 aliphatic carbocycles.